The van der Waals surface area contributed by atoms with Crippen LogP contribution in [-0.4, -0.2) is 38.3 Å². The zero-order valence-corrected chi connectivity index (χ0v) is 9.86. The van der Waals surface area contributed by atoms with Gasteiger partial charge in [-0.3, -0.25) is 4.99 Å². The third-order valence-electron chi connectivity index (χ3n) is 3.39. The number of nitrogens with two attached hydrogens (primary N) is 1. The van der Waals surface area contributed by atoms with Crippen LogP contribution in [0.4, 0.5) is 0 Å². The van der Waals surface area contributed by atoms with E-state index >= 15 is 0 Å². The molecule has 1 saturated heterocycles. The van der Waals surface area contributed by atoms with Crippen LogP contribution in [0.2, 0.25) is 0 Å². The summed E-state index contributed by atoms with van der Waals surface area (Å²) in [5, 5.41) is 0. The van der Waals surface area contributed by atoms with Crippen molar-refractivity contribution in [1.29, 1.82) is 0 Å². The molecule has 0 spiro atoms. The molecular formula is C12H22N2O2. The van der Waals surface area contributed by atoms with Crippen LogP contribution in [0.5, 0.6) is 0 Å². The summed E-state index contributed by atoms with van der Waals surface area (Å²) in [7, 11) is 0. The van der Waals surface area contributed by atoms with E-state index in [0.717, 1.165) is 5.84 Å². The van der Waals surface area contributed by atoms with Gasteiger partial charge in [0.15, 0.2) is 0 Å². The lowest BCUT2D eigenvalue weighted by Crippen LogP contribution is -2.33. The van der Waals surface area contributed by atoms with Gasteiger partial charge in [-0.25, -0.2) is 0 Å². The van der Waals surface area contributed by atoms with Crippen molar-refractivity contribution in [2.24, 2.45) is 16.6 Å². The van der Waals surface area contributed by atoms with Gasteiger partial charge < -0.3 is 15.2 Å². The van der Waals surface area contributed by atoms with Gasteiger partial charge in [-0.1, -0.05) is 19.3 Å². The first-order chi connectivity index (χ1) is 7.86. The first-order valence-electron chi connectivity index (χ1n) is 6.35. The first-order valence-corrected chi connectivity index (χ1v) is 6.35. The van der Waals surface area contributed by atoms with Crippen LogP contribution in [0.3, 0.4) is 0 Å². The van der Waals surface area contributed by atoms with Gasteiger partial charge >= 0.3 is 0 Å². The highest BCUT2D eigenvalue weighted by Gasteiger charge is 2.18. The van der Waals surface area contributed by atoms with Crippen molar-refractivity contribution in [3.05, 3.63) is 0 Å². The van der Waals surface area contributed by atoms with Gasteiger partial charge in [-0.2, -0.15) is 0 Å². The van der Waals surface area contributed by atoms with Crippen molar-refractivity contribution in [3.63, 3.8) is 0 Å². The zero-order valence-electron chi connectivity index (χ0n) is 9.86. The summed E-state index contributed by atoms with van der Waals surface area (Å²) in [6.45, 7) is 2.70. The van der Waals surface area contributed by atoms with Crippen molar-refractivity contribution in [2.45, 2.75) is 38.2 Å². The molecule has 4 nitrogen and oxygen atoms in total. The summed E-state index contributed by atoms with van der Waals surface area (Å²) in [6, 6.07) is 0. The molecule has 1 unspecified atom stereocenters. The molecular weight excluding hydrogens is 204 g/mol. The van der Waals surface area contributed by atoms with Crippen LogP contribution in [0.1, 0.15) is 32.1 Å². The molecule has 1 aliphatic heterocycles. The third-order valence-corrected chi connectivity index (χ3v) is 3.39. The highest BCUT2D eigenvalue weighted by molar-refractivity contribution is 5.82. The van der Waals surface area contributed by atoms with Crippen LogP contribution in [0.25, 0.3) is 0 Å². The molecule has 0 radical (unpaired) electrons. The minimum atomic E-state index is 0.107. The standard InChI is InChI=1S/C12H22N2O2/c13-12(10-4-2-1-3-5-10)14-8-11-9-15-6-7-16-11/h10-11H,1-9H2,(H2,13,14). The second kappa shape index (κ2) is 6.21. The molecule has 0 aromatic rings. The summed E-state index contributed by atoms with van der Waals surface area (Å²) >= 11 is 0. The molecule has 0 aromatic heterocycles. The van der Waals surface area contributed by atoms with Gasteiger partial charge in [-0.05, 0) is 12.8 Å². The molecule has 2 rings (SSSR count). The van der Waals surface area contributed by atoms with Crippen molar-refractivity contribution in [2.75, 3.05) is 26.4 Å². The quantitative estimate of drug-likeness (QED) is 0.583. The van der Waals surface area contributed by atoms with E-state index in [1.165, 1.54) is 32.1 Å². The second-order valence-corrected chi connectivity index (χ2v) is 4.67. The van der Waals surface area contributed by atoms with Crippen molar-refractivity contribution >= 4 is 5.84 Å². The monoisotopic (exact) mass is 226 g/mol. The van der Waals surface area contributed by atoms with Crippen LogP contribution in [-0.2, 0) is 9.47 Å². The van der Waals surface area contributed by atoms with E-state index in [2.05, 4.69) is 4.99 Å². The molecule has 1 heterocycles. The molecule has 1 aliphatic carbocycles. The summed E-state index contributed by atoms with van der Waals surface area (Å²) < 4.78 is 10.9. The SMILES string of the molecule is NC(=NCC1COCCO1)C1CCCCC1. The summed E-state index contributed by atoms with van der Waals surface area (Å²) in [5.41, 5.74) is 6.02. The average molecular weight is 226 g/mol. The summed E-state index contributed by atoms with van der Waals surface area (Å²) in [5.74, 6) is 1.34. The molecule has 16 heavy (non-hydrogen) atoms. The van der Waals surface area contributed by atoms with Crippen LogP contribution in [0, 0.1) is 5.92 Å². The molecule has 0 aromatic carbocycles. The van der Waals surface area contributed by atoms with Gasteiger partial charge in [-0.15, -0.1) is 0 Å². The van der Waals surface area contributed by atoms with Crippen LogP contribution in [0.15, 0.2) is 4.99 Å². The maximum absolute atomic E-state index is 6.02. The number of amidine groups is 1. The third kappa shape index (κ3) is 3.46. The van der Waals surface area contributed by atoms with Gasteiger partial charge in [0.05, 0.1) is 32.2 Å². The molecule has 2 fully saturated rings. The first kappa shape index (κ1) is 11.9. The molecule has 1 saturated carbocycles. The predicted octanol–water partition coefficient (Wildman–Crippen LogP) is 1.34. The minimum Gasteiger partial charge on any atom is -0.387 e. The Balaban J connectivity index is 1.76. The molecule has 1 atom stereocenters. The number of hydrogen-bond donors (Lipinski definition) is 1. The van der Waals surface area contributed by atoms with Crippen LogP contribution >= 0.6 is 0 Å². The fraction of sp³-hybridized carbons (Fsp3) is 0.917. The maximum atomic E-state index is 6.02. The fourth-order valence-corrected chi connectivity index (χ4v) is 2.38. The van der Waals surface area contributed by atoms with E-state index in [1.807, 2.05) is 0 Å². The Labute approximate surface area is 97.2 Å². The molecule has 4 heteroatoms. The van der Waals surface area contributed by atoms with E-state index in [9.17, 15) is 0 Å². The molecule has 92 valence electrons. The largest absolute Gasteiger partial charge is 0.387 e. The number of nitrogens with zero attached hydrogens (tertiary/aromatic N) is 1. The second-order valence-electron chi connectivity index (χ2n) is 4.67. The number of hydrogen-bond acceptors (Lipinski definition) is 3. The lowest BCUT2D eigenvalue weighted by atomic mass is 9.88. The predicted molar refractivity (Wildman–Crippen MR) is 63.6 cm³/mol. The van der Waals surface area contributed by atoms with E-state index < -0.39 is 0 Å². The number of aliphatic imine (C=N–C) groups is 1. The molecule has 0 bridgehead atoms. The number of ether oxygens (including phenoxy) is 2. The zero-order chi connectivity index (χ0) is 11.2. The van der Waals surface area contributed by atoms with E-state index in [1.54, 1.807) is 0 Å². The summed E-state index contributed by atoms with van der Waals surface area (Å²) in [4.78, 5) is 4.46. The minimum absolute atomic E-state index is 0.107. The average Bonchev–Trinajstić information content (AvgIpc) is 2.38. The smallest absolute Gasteiger partial charge is 0.100 e. The van der Waals surface area contributed by atoms with Crippen LogP contribution < -0.4 is 5.73 Å². The lowest BCUT2D eigenvalue weighted by Gasteiger charge is -2.23. The number of rotatable bonds is 3. The Kier molecular flexibility index (Phi) is 4.60. The van der Waals surface area contributed by atoms with Crippen molar-refractivity contribution in [1.82, 2.24) is 0 Å². The molecule has 2 N–H and O–H groups in total. The Morgan fingerprint density at radius 1 is 1.19 bits per heavy atom. The fourth-order valence-electron chi connectivity index (χ4n) is 2.38. The molecule has 2 aliphatic rings. The Hall–Kier alpha value is -0.610. The van der Waals surface area contributed by atoms with Crippen molar-refractivity contribution in [3.8, 4) is 0 Å². The maximum Gasteiger partial charge on any atom is 0.100 e. The van der Waals surface area contributed by atoms with Gasteiger partial charge in [0.2, 0.25) is 0 Å². The van der Waals surface area contributed by atoms with Gasteiger partial charge in [0.1, 0.15) is 6.10 Å². The van der Waals surface area contributed by atoms with Gasteiger partial charge in [0, 0.05) is 5.92 Å². The Morgan fingerprint density at radius 2 is 2.00 bits per heavy atom. The normalized spacial score (nSPS) is 29.2. The highest BCUT2D eigenvalue weighted by Crippen LogP contribution is 2.23. The topological polar surface area (TPSA) is 56.8 Å². The van der Waals surface area contributed by atoms with Gasteiger partial charge in [0.25, 0.3) is 0 Å². The summed E-state index contributed by atoms with van der Waals surface area (Å²) in [6.07, 6.45) is 6.46. The Bertz CT molecular complexity index is 231. The lowest BCUT2D eigenvalue weighted by molar-refractivity contribution is -0.0832. The Morgan fingerprint density at radius 3 is 2.69 bits per heavy atom. The van der Waals surface area contributed by atoms with E-state index in [-0.39, 0.29) is 6.10 Å². The van der Waals surface area contributed by atoms with E-state index in [4.69, 9.17) is 15.2 Å². The van der Waals surface area contributed by atoms with Crippen molar-refractivity contribution < 1.29 is 9.47 Å². The molecule has 0 amide bonds. The van der Waals surface area contributed by atoms with E-state index in [0.29, 0.717) is 32.3 Å². The highest BCUT2D eigenvalue weighted by atomic mass is 16.6.